The van der Waals surface area contributed by atoms with Crippen LogP contribution >= 0.6 is 0 Å². The Labute approximate surface area is 88.1 Å². The van der Waals surface area contributed by atoms with Gasteiger partial charge in [0.25, 0.3) is 0 Å². The minimum Gasteiger partial charge on any atom is -0.478 e. The molecule has 2 N–H and O–H groups in total. The van der Waals surface area contributed by atoms with E-state index in [4.69, 9.17) is 10.2 Å². The van der Waals surface area contributed by atoms with E-state index < -0.39 is 36.1 Å². The molecule has 1 rings (SSSR count). The van der Waals surface area contributed by atoms with Crippen molar-refractivity contribution in [3.63, 3.8) is 0 Å². The number of carboxylic acid groups (broad SMARTS) is 1. The second kappa shape index (κ2) is 4.12. The molecule has 16 heavy (non-hydrogen) atoms. The average Bonchev–Trinajstić information content (AvgIpc) is 2.45. The Morgan fingerprint density at radius 3 is 2.56 bits per heavy atom. The first-order chi connectivity index (χ1) is 7.23. The average molecular weight is 238 g/mol. The lowest BCUT2D eigenvalue weighted by molar-refractivity contribution is -0.145. The number of carbonyl (C=O) groups is 1. The molecule has 1 aromatic rings. The molecule has 0 aliphatic carbocycles. The molecule has 5 nitrogen and oxygen atoms in total. The molecular formula is C8H9F3N2O3. The number of halogens is 3. The van der Waals surface area contributed by atoms with E-state index in [9.17, 15) is 18.0 Å². The number of hydrogen-bond acceptors (Lipinski definition) is 3. The lowest BCUT2D eigenvalue weighted by atomic mass is 10.2. The van der Waals surface area contributed by atoms with Gasteiger partial charge < -0.3 is 10.2 Å². The van der Waals surface area contributed by atoms with Crippen LogP contribution in [0, 0.1) is 0 Å². The highest BCUT2D eigenvalue weighted by Gasteiger charge is 2.40. The largest absolute Gasteiger partial charge is 0.478 e. The number of carboxylic acids is 1. The number of aliphatic hydroxyl groups is 1. The lowest BCUT2D eigenvalue weighted by Crippen LogP contribution is -2.22. The SMILES string of the molecule is C[C@@H](O)Cn1ncc(C(=O)O)c1C(F)(F)F. The molecule has 0 unspecified atom stereocenters. The maximum atomic E-state index is 12.5. The normalized spacial score (nSPS) is 13.8. The Kier molecular flexibility index (Phi) is 3.22. The van der Waals surface area contributed by atoms with Gasteiger partial charge in [0.2, 0.25) is 0 Å². The summed E-state index contributed by atoms with van der Waals surface area (Å²) in [6, 6.07) is 0. The molecule has 90 valence electrons. The Morgan fingerprint density at radius 2 is 2.19 bits per heavy atom. The highest BCUT2D eigenvalue weighted by atomic mass is 19.4. The molecule has 0 aliphatic heterocycles. The summed E-state index contributed by atoms with van der Waals surface area (Å²) in [4.78, 5) is 10.6. The van der Waals surface area contributed by atoms with Gasteiger partial charge in [0.1, 0.15) is 5.56 Å². The molecule has 1 atom stereocenters. The number of aromatic carboxylic acids is 1. The van der Waals surface area contributed by atoms with E-state index in [0.717, 1.165) is 0 Å². The van der Waals surface area contributed by atoms with Gasteiger partial charge in [0.05, 0.1) is 18.8 Å². The number of nitrogens with zero attached hydrogens (tertiary/aromatic N) is 2. The van der Waals surface area contributed by atoms with Gasteiger partial charge in [-0.3, -0.25) is 4.68 Å². The van der Waals surface area contributed by atoms with Crippen LogP contribution in [0.2, 0.25) is 0 Å². The van der Waals surface area contributed by atoms with Crippen molar-refractivity contribution in [2.24, 2.45) is 0 Å². The van der Waals surface area contributed by atoms with Crippen molar-refractivity contribution in [1.29, 1.82) is 0 Å². The third-order valence-electron chi connectivity index (χ3n) is 1.78. The molecule has 8 heteroatoms. The standard InChI is InChI=1S/C8H9F3N2O3/c1-4(14)3-13-6(8(9,10)11)5(2-12-13)7(15)16/h2,4,14H,3H2,1H3,(H,15,16)/t4-/m1/s1. The Morgan fingerprint density at radius 1 is 1.62 bits per heavy atom. The molecule has 1 aromatic heterocycles. The maximum absolute atomic E-state index is 12.5. The van der Waals surface area contributed by atoms with Gasteiger partial charge in [-0.1, -0.05) is 0 Å². The quantitative estimate of drug-likeness (QED) is 0.823. The van der Waals surface area contributed by atoms with Crippen molar-refractivity contribution in [2.45, 2.75) is 25.7 Å². The molecule has 1 heterocycles. The molecular weight excluding hydrogens is 229 g/mol. The van der Waals surface area contributed by atoms with Gasteiger partial charge >= 0.3 is 12.1 Å². The summed E-state index contributed by atoms with van der Waals surface area (Å²) >= 11 is 0. The molecule has 0 aliphatic rings. The molecule has 0 radical (unpaired) electrons. The fourth-order valence-electron chi connectivity index (χ4n) is 1.23. The van der Waals surface area contributed by atoms with Gasteiger partial charge in [-0.15, -0.1) is 0 Å². The second-order valence-electron chi connectivity index (χ2n) is 3.24. The van der Waals surface area contributed by atoms with Gasteiger partial charge in [-0.05, 0) is 6.92 Å². The van der Waals surface area contributed by atoms with E-state index in [1.54, 1.807) is 0 Å². The van der Waals surface area contributed by atoms with Crippen LogP contribution in [-0.2, 0) is 12.7 Å². The predicted octanol–water partition coefficient (Wildman–Crippen LogP) is 0.981. The first-order valence-electron chi connectivity index (χ1n) is 4.28. The first-order valence-corrected chi connectivity index (χ1v) is 4.28. The number of rotatable bonds is 3. The molecule has 0 fully saturated rings. The van der Waals surface area contributed by atoms with Gasteiger partial charge in [-0.25, -0.2) is 4.79 Å². The summed E-state index contributed by atoms with van der Waals surface area (Å²) in [7, 11) is 0. The zero-order chi connectivity index (χ0) is 12.5. The van der Waals surface area contributed by atoms with Crippen LogP contribution in [0.5, 0.6) is 0 Å². The maximum Gasteiger partial charge on any atom is 0.433 e. The highest BCUT2D eigenvalue weighted by molar-refractivity contribution is 5.88. The Hall–Kier alpha value is -1.57. The summed E-state index contributed by atoms with van der Waals surface area (Å²) in [5.74, 6) is -1.70. The fourth-order valence-corrected chi connectivity index (χ4v) is 1.23. The molecule has 0 amide bonds. The van der Waals surface area contributed by atoms with Gasteiger partial charge in [0, 0.05) is 0 Å². The molecule has 0 saturated carbocycles. The van der Waals surface area contributed by atoms with Crippen LogP contribution in [0.3, 0.4) is 0 Å². The first kappa shape index (κ1) is 12.5. The summed E-state index contributed by atoms with van der Waals surface area (Å²) < 4.78 is 38.1. The van der Waals surface area contributed by atoms with E-state index >= 15 is 0 Å². The Balaban J connectivity index is 3.25. The molecule has 0 bridgehead atoms. The van der Waals surface area contributed by atoms with Crippen LogP contribution < -0.4 is 0 Å². The van der Waals surface area contributed by atoms with Crippen molar-refractivity contribution in [2.75, 3.05) is 0 Å². The summed E-state index contributed by atoms with van der Waals surface area (Å²) in [5.41, 5.74) is -2.28. The van der Waals surface area contributed by atoms with E-state index in [1.807, 2.05) is 0 Å². The van der Waals surface area contributed by atoms with Gasteiger partial charge in [0.15, 0.2) is 5.69 Å². The third-order valence-corrected chi connectivity index (χ3v) is 1.78. The fraction of sp³-hybridized carbons (Fsp3) is 0.500. The van der Waals surface area contributed by atoms with Crippen molar-refractivity contribution in [3.8, 4) is 0 Å². The van der Waals surface area contributed by atoms with Crippen molar-refractivity contribution in [1.82, 2.24) is 9.78 Å². The second-order valence-corrected chi connectivity index (χ2v) is 3.24. The monoisotopic (exact) mass is 238 g/mol. The van der Waals surface area contributed by atoms with Crippen LogP contribution in [0.15, 0.2) is 6.20 Å². The van der Waals surface area contributed by atoms with Gasteiger partial charge in [-0.2, -0.15) is 18.3 Å². The minimum atomic E-state index is -4.82. The zero-order valence-electron chi connectivity index (χ0n) is 8.19. The van der Waals surface area contributed by atoms with Crippen LogP contribution in [-0.4, -0.2) is 32.1 Å². The van der Waals surface area contributed by atoms with Crippen LogP contribution in [0.25, 0.3) is 0 Å². The topological polar surface area (TPSA) is 75.3 Å². The third kappa shape index (κ3) is 2.51. The minimum absolute atomic E-state index is 0.415. The summed E-state index contributed by atoms with van der Waals surface area (Å²) in [5, 5.41) is 20.8. The van der Waals surface area contributed by atoms with E-state index in [-0.39, 0.29) is 0 Å². The highest BCUT2D eigenvalue weighted by Crippen LogP contribution is 2.32. The van der Waals surface area contributed by atoms with Crippen molar-refractivity contribution < 1.29 is 28.2 Å². The van der Waals surface area contributed by atoms with Crippen LogP contribution in [0.1, 0.15) is 23.0 Å². The summed E-state index contributed by atoms with van der Waals surface area (Å²) in [6.45, 7) is 0.865. The van der Waals surface area contributed by atoms with Crippen molar-refractivity contribution in [3.05, 3.63) is 17.5 Å². The number of hydrogen-bond donors (Lipinski definition) is 2. The predicted molar refractivity (Wildman–Crippen MR) is 45.9 cm³/mol. The van der Waals surface area contributed by atoms with E-state index in [0.29, 0.717) is 10.9 Å². The number of aromatic nitrogens is 2. The lowest BCUT2D eigenvalue weighted by Gasteiger charge is -2.12. The molecule has 0 aromatic carbocycles. The van der Waals surface area contributed by atoms with E-state index in [2.05, 4.69) is 5.10 Å². The number of alkyl halides is 3. The summed E-state index contributed by atoms with van der Waals surface area (Å²) in [6.07, 6.45) is -5.25. The number of aliphatic hydroxyl groups excluding tert-OH is 1. The Bertz CT molecular complexity index is 398. The van der Waals surface area contributed by atoms with Crippen LogP contribution in [0.4, 0.5) is 13.2 Å². The van der Waals surface area contributed by atoms with Crippen molar-refractivity contribution >= 4 is 5.97 Å². The molecule has 0 saturated heterocycles. The smallest absolute Gasteiger partial charge is 0.433 e. The zero-order valence-corrected chi connectivity index (χ0v) is 8.19. The van der Waals surface area contributed by atoms with E-state index in [1.165, 1.54) is 6.92 Å². The molecule has 0 spiro atoms.